The maximum atomic E-state index is 10.6. The number of nitrogens with zero attached hydrogens (tertiary/aromatic N) is 4. The molecule has 17 heavy (non-hydrogen) atoms. The summed E-state index contributed by atoms with van der Waals surface area (Å²) in [6.07, 6.45) is 4.69. The largest absolute Gasteiger partial charge is 0.338 e. The van der Waals surface area contributed by atoms with Gasteiger partial charge in [-0.05, 0) is 13.0 Å². The van der Waals surface area contributed by atoms with Gasteiger partial charge in [0.1, 0.15) is 12.0 Å². The maximum absolute atomic E-state index is 10.6. The van der Waals surface area contributed by atoms with Crippen LogP contribution in [0.4, 0.5) is 17.2 Å². The van der Waals surface area contributed by atoms with Crippen LogP contribution >= 0.6 is 0 Å². The fraction of sp³-hybridized carbons (Fsp3) is 0.200. The fourth-order valence-corrected chi connectivity index (χ4v) is 1.44. The molecular formula is C10H11N5O2. The van der Waals surface area contributed by atoms with Gasteiger partial charge < -0.3 is 5.32 Å². The molecule has 0 aliphatic carbocycles. The van der Waals surface area contributed by atoms with Crippen LogP contribution in [0.2, 0.25) is 0 Å². The van der Waals surface area contributed by atoms with E-state index in [2.05, 4.69) is 15.4 Å². The Kier molecular flexibility index (Phi) is 2.73. The van der Waals surface area contributed by atoms with Crippen molar-refractivity contribution in [3.05, 3.63) is 40.3 Å². The number of aromatic nitrogens is 3. The molecule has 7 heteroatoms. The second-order valence-corrected chi connectivity index (χ2v) is 3.64. The Morgan fingerprint density at radius 1 is 1.47 bits per heavy atom. The van der Waals surface area contributed by atoms with Crippen molar-refractivity contribution in [2.75, 3.05) is 5.32 Å². The number of aryl methyl sites for hydroxylation is 2. The molecule has 0 spiro atoms. The first-order valence-electron chi connectivity index (χ1n) is 4.93. The van der Waals surface area contributed by atoms with Gasteiger partial charge in [-0.2, -0.15) is 5.10 Å². The molecule has 0 radical (unpaired) electrons. The van der Waals surface area contributed by atoms with Crippen molar-refractivity contribution in [3.63, 3.8) is 0 Å². The highest BCUT2D eigenvalue weighted by Crippen LogP contribution is 2.21. The number of nitro groups is 1. The third-order valence-corrected chi connectivity index (χ3v) is 2.26. The third kappa shape index (κ3) is 2.39. The van der Waals surface area contributed by atoms with Crippen molar-refractivity contribution >= 4 is 17.2 Å². The zero-order valence-electron chi connectivity index (χ0n) is 9.41. The summed E-state index contributed by atoms with van der Waals surface area (Å²) in [5, 5.41) is 17.6. The molecule has 0 atom stereocenters. The molecule has 0 aromatic carbocycles. The van der Waals surface area contributed by atoms with Gasteiger partial charge in [0.25, 0.3) is 5.69 Å². The first-order valence-corrected chi connectivity index (χ1v) is 4.93. The van der Waals surface area contributed by atoms with Gasteiger partial charge in [-0.1, -0.05) is 0 Å². The molecule has 2 heterocycles. The second kappa shape index (κ2) is 4.20. The van der Waals surface area contributed by atoms with E-state index in [1.165, 1.54) is 6.20 Å². The molecule has 0 bridgehead atoms. The summed E-state index contributed by atoms with van der Waals surface area (Å²) in [5.74, 6) is 0.557. The van der Waals surface area contributed by atoms with E-state index in [4.69, 9.17) is 0 Å². The summed E-state index contributed by atoms with van der Waals surface area (Å²) in [7, 11) is 1.81. The van der Waals surface area contributed by atoms with E-state index in [0.29, 0.717) is 11.4 Å². The summed E-state index contributed by atoms with van der Waals surface area (Å²) in [4.78, 5) is 14.2. The first kappa shape index (κ1) is 11.1. The molecule has 2 aromatic rings. The Labute approximate surface area is 97.2 Å². The van der Waals surface area contributed by atoms with E-state index in [-0.39, 0.29) is 5.69 Å². The van der Waals surface area contributed by atoms with E-state index in [1.807, 2.05) is 0 Å². The predicted molar refractivity (Wildman–Crippen MR) is 62.1 cm³/mol. The SMILES string of the molecule is Cc1cc(Nc2cnn(C)c2)ncc1[N+](=O)[O-]. The van der Waals surface area contributed by atoms with E-state index < -0.39 is 4.92 Å². The minimum atomic E-state index is -0.448. The summed E-state index contributed by atoms with van der Waals surface area (Å²) in [6.45, 7) is 1.67. The summed E-state index contributed by atoms with van der Waals surface area (Å²) in [5.41, 5.74) is 1.37. The first-order chi connectivity index (χ1) is 8.06. The molecule has 0 aliphatic heterocycles. The molecular weight excluding hydrogens is 222 g/mol. The minimum absolute atomic E-state index is 0.0155. The van der Waals surface area contributed by atoms with Gasteiger partial charge in [0.2, 0.25) is 0 Å². The van der Waals surface area contributed by atoms with Crippen molar-refractivity contribution < 1.29 is 4.92 Å². The lowest BCUT2D eigenvalue weighted by molar-refractivity contribution is -0.385. The Morgan fingerprint density at radius 3 is 2.76 bits per heavy atom. The topological polar surface area (TPSA) is 85.9 Å². The lowest BCUT2D eigenvalue weighted by atomic mass is 10.2. The second-order valence-electron chi connectivity index (χ2n) is 3.64. The van der Waals surface area contributed by atoms with E-state index >= 15 is 0 Å². The van der Waals surface area contributed by atoms with Crippen molar-refractivity contribution in [2.24, 2.45) is 7.05 Å². The zero-order valence-corrected chi connectivity index (χ0v) is 9.41. The van der Waals surface area contributed by atoms with Crippen molar-refractivity contribution in [3.8, 4) is 0 Å². The van der Waals surface area contributed by atoms with Crippen LogP contribution < -0.4 is 5.32 Å². The molecule has 0 fully saturated rings. The average Bonchev–Trinajstić information content (AvgIpc) is 2.63. The third-order valence-electron chi connectivity index (χ3n) is 2.26. The quantitative estimate of drug-likeness (QED) is 0.645. The zero-order chi connectivity index (χ0) is 12.4. The smallest absolute Gasteiger partial charge is 0.290 e. The lowest BCUT2D eigenvalue weighted by Gasteiger charge is -2.03. The fourth-order valence-electron chi connectivity index (χ4n) is 1.44. The number of anilines is 2. The molecule has 2 rings (SSSR count). The minimum Gasteiger partial charge on any atom is -0.338 e. The van der Waals surface area contributed by atoms with Crippen LogP contribution in [-0.4, -0.2) is 19.7 Å². The van der Waals surface area contributed by atoms with Crippen molar-refractivity contribution in [2.45, 2.75) is 6.92 Å². The molecule has 2 aromatic heterocycles. The van der Waals surface area contributed by atoms with Gasteiger partial charge in [-0.15, -0.1) is 0 Å². The Balaban J connectivity index is 2.23. The van der Waals surface area contributed by atoms with Gasteiger partial charge in [0, 0.05) is 18.8 Å². The van der Waals surface area contributed by atoms with Gasteiger partial charge >= 0.3 is 0 Å². The highest BCUT2D eigenvalue weighted by atomic mass is 16.6. The van der Waals surface area contributed by atoms with Crippen molar-refractivity contribution in [1.29, 1.82) is 0 Å². The number of rotatable bonds is 3. The van der Waals surface area contributed by atoms with E-state index in [9.17, 15) is 10.1 Å². The number of hydrogen-bond donors (Lipinski definition) is 1. The number of nitrogens with one attached hydrogen (secondary N) is 1. The molecule has 0 saturated carbocycles. The van der Waals surface area contributed by atoms with Crippen LogP contribution in [0.15, 0.2) is 24.7 Å². The summed E-state index contributed by atoms with van der Waals surface area (Å²) < 4.78 is 1.65. The van der Waals surface area contributed by atoms with Crippen LogP contribution in [0.3, 0.4) is 0 Å². The molecule has 0 aliphatic rings. The molecule has 0 saturated heterocycles. The maximum Gasteiger partial charge on any atom is 0.290 e. The van der Waals surface area contributed by atoms with Crippen LogP contribution in [-0.2, 0) is 7.05 Å². The van der Waals surface area contributed by atoms with Gasteiger partial charge in [0.05, 0.1) is 16.8 Å². The van der Waals surface area contributed by atoms with Gasteiger partial charge in [-0.25, -0.2) is 4.98 Å². The average molecular weight is 233 g/mol. The van der Waals surface area contributed by atoms with Crippen LogP contribution in [0.5, 0.6) is 0 Å². The Hall–Kier alpha value is -2.44. The standard InChI is InChI=1S/C10H11N5O2/c1-7-3-10(11-5-9(7)15(16)17)13-8-4-12-14(2)6-8/h3-6H,1-2H3,(H,11,13). The molecule has 0 amide bonds. The highest BCUT2D eigenvalue weighted by Gasteiger charge is 2.11. The normalized spacial score (nSPS) is 10.2. The van der Waals surface area contributed by atoms with E-state index in [0.717, 1.165) is 5.69 Å². The molecule has 88 valence electrons. The molecule has 0 unspecified atom stereocenters. The van der Waals surface area contributed by atoms with Crippen LogP contribution in [0, 0.1) is 17.0 Å². The lowest BCUT2D eigenvalue weighted by Crippen LogP contribution is -1.97. The van der Waals surface area contributed by atoms with E-state index in [1.54, 1.807) is 37.1 Å². The van der Waals surface area contributed by atoms with Crippen LogP contribution in [0.25, 0.3) is 0 Å². The molecule has 1 N–H and O–H groups in total. The van der Waals surface area contributed by atoms with Crippen LogP contribution in [0.1, 0.15) is 5.56 Å². The number of hydrogen-bond acceptors (Lipinski definition) is 5. The molecule has 7 nitrogen and oxygen atoms in total. The highest BCUT2D eigenvalue weighted by molar-refractivity contribution is 5.56. The Bertz CT molecular complexity index is 564. The summed E-state index contributed by atoms with van der Waals surface area (Å²) in [6, 6.07) is 1.63. The van der Waals surface area contributed by atoms with Gasteiger partial charge in [-0.3, -0.25) is 14.8 Å². The Morgan fingerprint density at radius 2 is 2.24 bits per heavy atom. The van der Waals surface area contributed by atoms with Crippen molar-refractivity contribution in [1.82, 2.24) is 14.8 Å². The summed E-state index contributed by atoms with van der Waals surface area (Å²) >= 11 is 0. The monoisotopic (exact) mass is 233 g/mol. The predicted octanol–water partition coefficient (Wildman–Crippen LogP) is 1.78. The van der Waals surface area contributed by atoms with Gasteiger partial charge in [0.15, 0.2) is 0 Å². The number of pyridine rings is 1.